The summed E-state index contributed by atoms with van der Waals surface area (Å²) in [4.78, 5) is 2.05. The number of rotatable bonds is 5. The highest BCUT2D eigenvalue weighted by Gasteiger charge is 2.07. The summed E-state index contributed by atoms with van der Waals surface area (Å²) in [6.07, 6.45) is 3.11. The molecule has 0 aliphatic rings. The van der Waals surface area contributed by atoms with Gasteiger partial charge in [-0.05, 0) is 29.7 Å². The highest BCUT2D eigenvalue weighted by Crippen LogP contribution is 2.31. The molecular formula is C14H21NO2. The zero-order chi connectivity index (χ0) is 12.8. The van der Waals surface area contributed by atoms with Crippen LogP contribution in [-0.2, 0) is 0 Å². The molecule has 0 atom stereocenters. The molecule has 0 radical (unpaired) electrons. The van der Waals surface area contributed by atoms with Gasteiger partial charge in [0.05, 0.1) is 14.2 Å². The molecule has 0 spiro atoms. The molecule has 0 aliphatic carbocycles. The van der Waals surface area contributed by atoms with Gasteiger partial charge in [-0.2, -0.15) is 0 Å². The summed E-state index contributed by atoms with van der Waals surface area (Å²) in [7, 11) is 7.35. The molecule has 0 saturated heterocycles. The fourth-order valence-corrected chi connectivity index (χ4v) is 1.72. The fourth-order valence-electron chi connectivity index (χ4n) is 1.72. The van der Waals surface area contributed by atoms with Gasteiger partial charge in [0.25, 0.3) is 0 Å². The van der Waals surface area contributed by atoms with Crippen LogP contribution in [0.3, 0.4) is 0 Å². The van der Waals surface area contributed by atoms with Gasteiger partial charge in [-0.1, -0.05) is 13.0 Å². The van der Waals surface area contributed by atoms with Crippen molar-refractivity contribution in [1.29, 1.82) is 0 Å². The normalized spacial score (nSPS) is 11.2. The van der Waals surface area contributed by atoms with Gasteiger partial charge in [-0.3, -0.25) is 0 Å². The number of benzene rings is 1. The Morgan fingerprint density at radius 3 is 2.29 bits per heavy atom. The lowest BCUT2D eigenvalue weighted by Gasteiger charge is -2.13. The predicted molar refractivity (Wildman–Crippen MR) is 71.5 cm³/mol. The van der Waals surface area contributed by atoms with Crippen molar-refractivity contribution >= 4 is 5.57 Å². The zero-order valence-corrected chi connectivity index (χ0v) is 11.3. The van der Waals surface area contributed by atoms with Crippen molar-refractivity contribution in [3.05, 3.63) is 30.0 Å². The SMILES string of the molecule is CC/C(=C\N(C)C)c1ccc(OC)c(OC)c1. The fraction of sp³-hybridized carbons (Fsp3) is 0.429. The maximum atomic E-state index is 5.31. The first-order valence-electron chi connectivity index (χ1n) is 5.71. The Hall–Kier alpha value is -1.64. The Labute approximate surface area is 104 Å². The Balaban J connectivity index is 3.13. The van der Waals surface area contributed by atoms with Crippen LogP contribution >= 0.6 is 0 Å². The third-order valence-electron chi connectivity index (χ3n) is 2.55. The Kier molecular flexibility index (Phi) is 4.88. The molecule has 94 valence electrons. The lowest BCUT2D eigenvalue weighted by Crippen LogP contribution is -2.02. The van der Waals surface area contributed by atoms with Crippen LogP contribution < -0.4 is 9.47 Å². The molecule has 0 aromatic heterocycles. The molecule has 0 fully saturated rings. The molecule has 0 amide bonds. The van der Waals surface area contributed by atoms with Crippen LogP contribution in [0.5, 0.6) is 11.5 Å². The molecule has 0 unspecified atom stereocenters. The van der Waals surface area contributed by atoms with E-state index in [2.05, 4.69) is 24.1 Å². The largest absolute Gasteiger partial charge is 0.493 e. The number of hydrogen-bond donors (Lipinski definition) is 0. The van der Waals surface area contributed by atoms with Crippen molar-refractivity contribution in [1.82, 2.24) is 4.90 Å². The van der Waals surface area contributed by atoms with E-state index in [9.17, 15) is 0 Å². The summed E-state index contributed by atoms with van der Waals surface area (Å²) in [6, 6.07) is 6.01. The maximum Gasteiger partial charge on any atom is 0.161 e. The lowest BCUT2D eigenvalue weighted by molar-refractivity contribution is 0.355. The molecule has 0 saturated carbocycles. The van der Waals surface area contributed by atoms with E-state index in [0.717, 1.165) is 17.9 Å². The van der Waals surface area contributed by atoms with Gasteiger partial charge in [-0.15, -0.1) is 0 Å². The minimum atomic E-state index is 0.761. The second-order valence-corrected chi connectivity index (χ2v) is 4.04. The number of hydrogen-bond acceptors (Lipinski definition) is 3. The molecular weight excluding hydrogens is 214 g/mol. The van der Waals surface area contributed by atoms with E-state index in [4.69, 9.17) is 9.47 Å². The van der Waals surface area contributed by atoms with Crippen LogP contribution in [0.4, 0.5) is 0 Å². The van der Waals surface area contributed by atoms with E-state index in [1.165, 1.54) is 11.1 Å². The third-order valence-corrected chi connectivity index (χ3v) is 2.55. The van der Waals surface area contributed by atoms with Crippen LogP contribution in [0.1, 0.15) is 18.9 Å². The maximum absolute atomic E-state index is 5.31. The molecule has 0 N–H and O–H groups in total. The van der Waals surface area contributed by atoms with Crippen molar-refractivity contribution in [2.45, 2.75) is 13.3 Å². The van der Waals surface area contributed by atoms with E-state index in [1.807, 2.05) is 26.2 Å². The van der Waals surface area contributed by atoms with E-state index in [-0.39, 0.29) is 0 Å². The van der Waals surface area contributed by atoms with Gasteiger partial charge >= 0.3 is 0 Å². The summed E-state index contributed by atoms with van der Waals surface area (Å²) in [5, 5.41) is 0. The van der Waals surface area contributed by atoms with E-state index >= 15 is 0 Å². The smallest absolute Gasteiger partial charge is 0.161 e. The molecule has 0 bridgehead atoms. The summed E-state index contributed by atoms with van der Waals surface area (Å²) in [5.74, 6) is 1.53. The quantitative estimate of drug-likeness (QED) is 0.783. The Bertz CT molecular complexity index is 397. The van der Waals surface area contributed by atoms with Crippen LogP contribution in [-0.4, -0.2) is 33.2 Å². The summed E-state index contributed by atoms with van der Waals surface area (Å²) in [5.41, 5.74) is 2.44. The van der Waals surface area contributed by atoms with E-state index in [1.54, 1.807) is 14.2 Å². The van der Waals surface area contributed by atoms with Crippen LogP contribution in [0, 0.1) is 0 Å². The molecule has 1 aromatic carbocycles. The highest BCUT2D eigenvalue weighted by molar-refractivity contribution is 5.67. The molecule has 17 heavy (non-hydrogen) atoms. The van der Waals surface area contributed by atoms with Crippen LogP contribution in [0.25, 0.3) is 5.57 Å². The van der Waals surface area contributed by atoms with E-state index < -0.39 is 0 Å². The van der Waals surface area contributed by atoms with Gasteiger partial charge in [0.2, 0.25) is 0 Å². The first-order valence-corrected chi connectivity index (χ1v) is 5.71. The van der Waals surface area contributed by atoms with Crippen molar-refractivity contribution in [3.63, 3.8) is 0 Å². The zero-order valence-electron chi connectivity index (χ0n) is 11.3. The summed E-state index contributed by atoms with van der Waals surface area (Å²) >= 11 is 0. The van der Waals surface area contributed by atoms with Crippen molar-refractivity contribution in [2.24, 2.45) is 0 Å². The molecule has 1 rings (SSSR count). The molecule has 3 heteroatoms. The topological polar surface area (TPSA) is 21.7 Å². The van der Waals surface area contributed by atoms with Gasteiger partial charge in [-0.25, -0.2) is 0 Å². The second-order valence-electron chi connectivity index (χ2n) is 4.04. The number of allylic oxidation sites excluding steroid dienone is 1. The number of ether oxygens (including phenoxy) is 2. The minimum Gasteiger partial charge on any atom is -0.493 e. The highest BCUT2D eigenvalue weighted by atomic mass is 16.5. The van der Waals surface area contributed by atoms with Crippen molar-refractivity contribution < 1.29 is 9.47 Å². The Morgan fingerprint density at radius 2 is 1.82 bits per heavy atom. The van der Waals surface area contributed by atoms with E-state index in [0.29, 0.717) is 0 Å². The van der Waals surface area contributed by atoms with Gasteiger partial charge in [0.1, 0.15) is 0 Å². The summed E-state index contributed by atoms with van der Waals surface area (Å²) in [6.45, 7) is 2.14. The second kappa shape index (κ2) is 6.18. The van der Waals surface area contributed by atoms with Gasteiger partial charge in [0.15, 0.2) is 11.5 Å². The minimum absolute atomic E-state index is 0.761. The van der Waals surface area contributed by atoms with Gasteiger partial charge in [0, 0.05) is 20.3 Å². The molecule has 3 nitrogen and oxygen atoms in total. The Morgan fingerprint density at radius 1 is 1.18 bits per heavy atom. The average Bonchev–Trinajstić information content (AvgIpc) is 2.34. The van der Waals surface area contributed by atoms with Crippen LogP contribution in [0.15, 0.2) is 24.4 Å². The molecule has 0 aliphatic heterocycles. The first kappa shape index (κ1) is 13.4. The van der Waals surface area contributed by atoms with Crippen molar-refractivity contribution in [2.75, 3.05) is 28.3 Å². The average molecular weight is 235 g/mol. The number of methoxy groups -OCH3 is 2. The lowest BCUT2D eigenvalue weighted by atomic mass is 10.0. The van der Waals surface area contributed by atoms with Crippen molar-refractivity contribution in [3.8, 4) is 11.5 Å². The number of nitrogens with zero attached hydrogens (tertiary/aromatic N) is 1. The summed E-state index contributed by atoms with van der Waals surface area (Å²) < 4.78 is 10.5. The third kappa shape index (κ3) is 3.41. The van der Waals surface area contributed by atoms with Gasteiger partial charge < -0.3 is 14.4 Å². The predicted octanol–water partition coefficient (Wildman–Crippen LogP) is 3.02. The molecule has 1 aromatic rings. The van der Waals surface area contributed by atoms with Crippen LogP contribution in [0.2, 0.25) is 0 Å². The molecule has 0 heterocycles. The monoisotopic (exact) mass is 235 g/mol. The standard InChI is InChI=1S/C14H21NO2/c1-6-11(10-15(2)3)12-7-8-13(16-4)14(9-12)17-5/h7-10H,6H2,1-5H3/b11-10+. The first-order chi connectivity index (χ1) is 8.12.